The lowest BCUT2D eigenvalue weighted by molar-refractivity contribution is 0.0203. The maximum absolute atomic E-state index is 13.2. The van der Waals surface area contributed by atoms with Gasteiger partial charge in [-0.2, -0.15) is 0 Å². The van der Waals surface area contributed by atoms with Crippen LogP contribution in [0.1, 0.15) is 39.2 Å². The smallest absolute Gasteiger partial charge is 0.410 e. The van der Waals surface area contributed by atoms with Gasteiger partial charge in [0.05, 0.1) is 4.90 Å². The van der Waals surface area contributed by atoms with E-state index in [1.807, 2.05) is 0 Å². The molecule has 8 heteroatoms. The van der Waals surface area contributed by atoms with Crippen LogP contribution < -0.4 is 4.72 Å². The minimum atomic E-state index is -3.73. The van der Waals surface area contributed by atoms with E-state index >= 15 is 0 Å². The molecule has 2 rings (SSSR count). The molecule has 1 heterocycles. The summed E-state index contributed by atoms with van der Waals surface area (Å²) >= 11 is 0. The van der Waals surface area contributed by atoms with E-state index in [-0.39, 0.29) is 17.0 Å². The molecule has 0 unspecified atom stereocenters. The molecule has 6 nitrogen and oxygen atoms in total. The second kappa shape index (κ2) is 7.29. The van der Waals surface area contributed by atoms with Crippen LogP contribution in [0.3, 0.4) is 0 Å². The molecular weight excluding hydrogens is 347 g/mol. The van der Waals surface area contributed by atoms with Crippen molar-refractivity contribution >= 4 is 16.1 Å². The van der Waals surface area contributed by atoms with Gasteiger partial charge in [0.1, 0.15) is 11.4 Å². The molecule has 1 saturated heterocycles. The van der Waals surface area contributed by atoms with Crippen molar-refractivity contribution in [3.05, 3.63) is 29.6 Å². The molecule has 0 aliphatic carbocycles. The van der Waals surface area contributed by atoms with Crippen LogP contribution in [0.25, 0.3) is 0 Å². The second-order valence-corrected chi connectivity index (χ2v) is 8.96. The predicted octanol–water partition coefficient (Wildman–Crippen LogP) is 2.81. The van der Waals surface area contributed by atoms with Gasteiger partial charge in [-0.3, -0.25) is 0 Å². The van der Waals surface area contributed by atoms with Gasteiger partial charge < -0.3 is 9.64 Å². The number of hydrogen-bond acceptors (Lipinski definition) is 4. The molecule has 25 heavy (non-hydrogen) atoms. The zero-order chi connectivity index (χ0) is 18.8. The van der Waals surface area contributed by atoms with Gasteiger partial charge in [0.2, 0.25) is 10.0 Å². The third kappa shape index (κ3) is 5.40. The Hall–Kier alpha value is -1.67. The van der Waals surface area contributed by atoms with Gasteiger partial charge in [-0.1, -0.05) is 0 Å². The lowest BCUT2D eigenvalue weighted by Gasteiger charge is -2.33. The first kappa shape index (κ1) is 19.7. The summed E-state index contributed by atoms with van der Waals surface area (Å²) in [5, 5.41) is 0. The highest BCUT2D eigenvalue weighted by molar-refractivity contribution is 7.89. The molecular formula is C17H25FN2O4S. The number of piperidine rings is 1. The third-order valence-corrected chi connectivity index (χ3v) is 5.58. The van der Waals surface area contributed by atoms with Crippen molar-refractivity contribution in [1.29, 1.82) is 0 Å². The van der Waals surface area contributed by atoms with E-state index in [4.69, 9.17) is 4.74 Å². The van der Waals surface area contributed by atoms with Crippen molar-refractivity contribution in [3.63, 3.8) is 0 Å². The number of sulfonamides is 1. The molecule has 1 aromatic rings. The van der Waals surface area contributed by atoms with E-state index < -0.39 is 21.4 Å². The maximum Gasteiger partial charge on any atom is 0.410 e. The fourth-order valence-corrected chi connectivity index (χ4v) is 4.24. The first-order valence-electron chi connectivity index (χ1n) is 8.24. The Bertz CT molecular complexity index is 736. The van der Waals surface area contributed by atoms with Gasteiger partial charge in [0.15, 0.2) is 0 Å². The van der Waals surface area contributed by atoms with Gasteiger partial charge in [0, 0.05) is 19.1 Å². The Kier molecular flexibility index (Phi) is 5.73. The second-order valence-electron chi connectivity index (χ2n) is 7.27. The lowest BCUT2D eigenvalue weighted by Crippen LogP contribution is -2.47. The average Bonchev–Trinajstić information content (AvgIpc) is 2.45. The zero-order valence-corrected chi connectivity index (χ0v) is 15.8. The molecule has 0 spiro atoms. The first-order chi connectivity index (χ1) is 11.5. The van der Waals surface area contributed by atoms with Gasteiger partial charge in [-0.15, -0.1) is 0 Å². The zero-order valence-electron chi connectivity index (χ0n) is 15.0. The van der Waals surface area contributed by atoms with E-state index in [0.29, 0.717) is 31.5 Å². The van der Waals surface area contributed by atoms with Gasteiger partial charge in [0.25, 0.3) is 0 Å². The number of benzene rings is 1. The number of carbonyl (C=O) groups excluding carboxylic acids is 1. The fraction of sp³-hybridized carbons (Fsp3) is 0.588. The molecule has 1 fully saturated rings. The van der Waals surface area contributed by atoms with Crippen LogP contribution in [0, 0.1) is 12.7 Å². The molecule has 1 N–H and O–H groups in total. The molecule has 0 bridgehead atoms. The minimum absolute atomic E-state index is 0.0727. The molecule has 1 aliphatic rings. The highest BCUT2D eigenvalue weighted by atomic mass is 32.2. The summed E-state index contributed by atoms with van der Waals surface area (Å²) in [7, 11) is -3.73. The van der Waals surface area contributed by atoms with E-state index in [2.05, 4.69) is 4.72 Å². The average molecular weight is 372 g/mol. The standard InChI is InChI=1S/C17H25FN2O4S/c1-12-11-13(18)5-6-15(12)25(22,23)19-14-7-9-20(10-8-14)16(21)24-17(2,3)4/h5-6,11,14,19H,7-10H2,1-4H3. The van der Waals surface area contributed by atoms with Crippen LogP contribution in [0.2, 0.25) is 0 Å². The van der Waals surface area contributed by atoms with Crippen LogP contribution in [0.15, 0.2) is 23.1 Å². The molecule has 0 atom stereocenters. The van der Waals surface area contributed by atoms with Crippen molar-refractivity contribution in [2.45, 2.75) is 57.1 Å². The molecule has 0 radical (unpaired) electrons. The van der Waals surface area contributed by atoms with E-state index in [1.165, 1.54) is 12.1 Å². The number of amides is 1. The summed E-state index contributed by atoms with van der Waals surface area (Å²) in [6.45, 7) is 7.81. The fourth-order valence-electron chi connectivity index (χ4n) is 2.70. The topological polar surface area (TPSA) is 75.7 Å². The van der Waals surface area contributed by atoms with Crippen molar-refractivity contribution in [2.75, 3.05) is 13.1 Å². The van der Waals surface area contributed by atoms with Crippen LogP contribution in [0.5, 0.6) is 0 Å². The molecule has 1 aliphatic heterocycles. The highest BCUT2D eigenvalue weighted by Crippen LogP contribution is 2.20. The highest BCUT2D eigenvalue weighted by Gasteiger charge is 2.29. The Balaban J connectivity index is 1.96. The number of ether oxygens (including phenoxy) is 1. The van der Waals surface area contributed by atoms with Crippen molar-refractivity contribution in [2.24, 2.45) is 0 Å². The summed E-state index contributed by atoms with van der Waals surface area (Å²) in [6.07, 6.45) is 0.612. The van der Waals surface area contributed by atoms with Crippen molar-refractivity contribution in [3.8, 4) is 0 Å². The van der Waals surface area contributed by atoms with Gasteiger partial charge in [-0.05, 0) is 64.3 Å². The largest absolute Gasteiger partial charge is 0.444 e. The van der Waals surface area contributed by atoms with E-state index in [1.54, 1.807) is 32.6 Å². The van der Waals surface area contributed by atoms with Crippen LogP contribution in [-0.2, 0) is 14.8 Å². The number of aryl methyl sites for hydroxylation is 1. The summed E-state index contributed by atoms with van der Waals surface area (Å²) in [6, 6.07) is 3.32. The number of nitrogens with one attached hydrogen (secondary N) is 1. The predicted molar refractivity (Wildman–Crippen MR) is 92.3 cm³/mol. The maximum atomic E-state index is 13.2. The lowest BCUT2D eigenvalue weighted by atomic mass is 10.1. The summed E-state index contributed by atoms with van der Waals surface area (Å²) in [4.78, 5) is 13.7. The summed E-state index contributed by atoms with van der Waals surface area (Å²) < 4.78 is 46.1. The number of carbonyl (C=O) groups is 1. The number of nitrogens with zero attached hydrogens (tertiary/aromatic N) is 1. The summed E-state index contributed by atoms with van der Waals surface area (Å²) in [5.74, 6) is -0.470. The molecule has 1 amide bonds. The van der Waals surface area contributed by atoms with Gasteiger partial charge in [-0.25, -0.2) is 22.3 Å². The van der Waals surface area contributed by atoms with Crippen molar-refractivity contribution < 1.29 is 22.3 Å². The Morgan fingerprint density at radius 2 is 1.88 bits per heavy atom. The minimum Gasteiger partial charge on any atom is -0.444 e. The Labute approximate surface area is 148 Å². The first-order valence-corrected chi connectivity index (χ1v) is 9.73. The van der Waals surface area contributed by atoms with Crippen LogP contribution in [-0.4, -0.2) is 44.1 Å². The van der Waals surface area contributed by atoms with Crippen LogP contribution >= 0.6 is 0 Å². The third-order valence-electron chi connectivity index (χ3n) is 3.89. The summed E-state index contributed by atoms with van der Waals surface area (Å²) in [5.41, 5.74) is -0.200. The van der Waals surface area contributed by atoms with E-state index in [0.717, 1.165) is 6.07 Å². The monoisotopic (exact) mass is 372 g/mol. The van der Waals surface area contributed by atoms with Gasteiger partial charge >= 0.3 is 6.09 Å². The quantitative estimate of drug-likeness (QED) is 0.885. The Morgan fingerprint density at radius 3 is 2.40 bits per heavy atom. The molecule has 0 aromatic heterocycles. The van der Waals surface area contributed by atoms with E-state index in [9.17, 15) is 17.6 Å². The number of rotatable bonds is 3. The molecule has 140 valence electrons. The molecule has 1 aromatic carbocycles. The normalized spacial score (nSPS) is 16.8. The number of halogens is 1. The van der Waals surface area contributed by atoms with Crippen LogP contribution in [0.4, 0.5) is 9.18 Å². The number of hydrogen-bond donors (Lipinski definition) is 1. The SMILES string of the molecule is Cc1cc(F)ccc1S(=O)(=O)NC1CCN(C(=O)OC(C)(C)C)CC1. The molecule has 0 saturated carbocycles. The Morgan fingerprint density at radius 1 is 1.28 bits per heavy atom. The van der Waals surface area contributed by atoms with Crippen molar-refractivity contribution in [1.82, 2.24) is 9.62 Å². The number of likely N-dealkylation sites (tertiary alicyclic amines) is 1.